The molecule has 2 nitrogen and oxygen atoms in total. The zero-order valence-corrected chi connectivity index (χ0v) is 21.9. The highest BCUT2D eigenvalue weighted by Crippen LogP contribution is 2.22. The number of rotatable bonds is 20. The molecule has 0 saturated heterocycles. The topological polar surface area (TPSA) is 22.1 Å². The molecular weight excluding hydrogens is 421 g/mol. The van der Waals surface area contributed by atoms with Gasteiger partial charge in [-0.25, -0.2) is 4.39 Å². The molecule has 0 aliphatic rings. The summed E-state index contributed by atoms with van der Waals surface area (Å²) in [5.41, 5.74) is 3.26. The van der Waals surface area contributed by atoms with Gasteiger partial charge < -0.3 is 4.74 Å². The smallest absolute Gasteiger partial charge is 0.119 e. The SMILES string of the molecule is CCCCCCCCOc1ccc(-c2ccc(CCCC(F)CCCCCCCC)cn2)cc1. The number of pyridine rings is 1. The van der Waals surface area contributed by atoms with E-state index in [0.29, 0.717) is 6.42 Å². The molecule has 3 heteroatoms. The lowest BCUT2D eigenvalue weighted by Crippen LogP contribution is -2.01. The zero-order valence-electron chi connectivity index (χ0n) is 21.9. The summed E-state index contributed by atoms with van der Waals surface area (Å²) in [7, 11) is 0. The van der Waals surface area contributed by atoms with E-state index in [0.717, 1.165) is 55.7 Å². The van der Waals surface area contributed by atoms with Gasteiger partial charge >= 0.3 is 0 Å². The molecule has 1 heterocycles. The van der Waals surface area contributed by atoms with Crippen molar-refractivity contribution >= 4 is 0 Å². The first-order valence-corrected chi connectivity index (χ1v) is 14.0. The van der Waals surface area contributed by atoms with Crippen LogP contribution >= 0.6 is 0 Å². The number of benzene rings is 1. The summed E-state index contributed by atoms with van der Waals surface area (Å²) in [6.45, 7) is 5.26. The van der Waals surface area contributed by atoms with Gasteiger partial charge in [0.1, 0.15) is 11.9 Å². The fourth-order valence-electron chi connectivity index (χ4n) is 4.36. The van der Waals surface area contributed by atoms with E-state index in [1.807, 2.05) is 18.3 Å². The van der Waals surface area contributed by atoms with Gasteiger partial charge in [-0.1, -0.05) is 90.5 Å². The summed E-state index contributed by atoms with van der Waals surface area (Å²) in [6.07, 6.45) is 19.5. The summed E-state index contributed by atoms with van der Waals surface area (Å²) < 4.78 is 20.0. The van der Waals surface area contributed by atoms with Gasteiger partial charge in [0.05, 0.1) is 12.3 Å². The van der Waals surface area contributed by atoms with Gasteiger partial charge in [-0.15, -0.1) is 0 Å². The highest BCUT2D eigenvalue weighted by Gasteiger charge is 2.07. The summed E-state index contributed by atoms with van der Waals surface area (Å²) in [6, 6.07) is 12.4. The van der Waals surface area contributed by atoms with Gasteiger partial charge in [-0.3, -0.25) is 4.98 Å². The van der Waals surface area contributed by atoms with Crippen molar-refractivity contribution in [2.24, 2.45) is 0 Å². The Labute approximate surface area is 208 Å². The molecule has 0 N–H and O–H groups in total. The Morgan fingerprint density at radius 3 is 1.97 bits per heavy atom. The molecule has 0 bridgehead atoms. The van der Waals surface area contributed by atoms with E-state index in [1.165, 1.54) is 69.8 Å². The molecule has 0 spiro atoms. The predicted octanol–water partition coefficient (Wildman–Crippen LogP) is 9.90. The number of aromatic nitrogens is 1. The molecule has 0 aliphatic carbocycles. The minimum Gasteiger partial charge on any atom is -0.494 e. The third kappa shape index (κ3) is 12.5. The van der Waals surface area contributed by atoms with Crippen LogP contribution in [0.2, 0.25) is 0 Å². The molecule has 0 amide bonds. The summed E-state index contributed by atoms with van der Waals surface area (Å²) in [4.78, 5) is 4.64. The van der Waals surface area contributed by atoms with Gasteiger partial charge in [0.25, 0.3) is 0 Å². The average Bonchev–Trinajstić information content (AvgIpc) is 2.86. The third-order valence-electron chi connectivity index (χ3n) is 6.60. The Morgan fingerprint density at radius 1 is 0.706 bits per heavy atom. The maximum Gasteiger partial charge on any atom is 0.119 e. The van der Waals surface area contributed by atoms with Crippen molar-refractivity contribution in [3.05, 3.63) is 48.2 Å². The summed E-state index contributed by atoms with van der Waals surface area (Å²) in [5, 5.41) is 0. The Morgan fingerprint density at radius 2 is 1.32 bits per heavy atom. The number of unbranched alkanes of at least 4 members (excludes halogenated alkanes) is 10. The van der Waals surface area contributed by atoms with Crippen LogP contribution in [0.15, 0.2) is 42.6 Å². The van der Waals surface area contributed by atoms with Crippen molar-refractivity contribution in [3.63, 3.8) is 0 Å². The lowest BCUT2D eigenvalue weighted by Gasteiger charge is -2.09. The fourth-order valence-corrected chi connectivity index (χ4v) is 4.36. The summed E-state index contributed by atoms with van der Waals surface area (Å²) >= 11 is 0. The molecule has 190 valence electrons. The molecule has 2 rings (SSSR count). The van der Waals surface area contributed by atoms with E-state index in [2.05, 4.69) is 43.1 Å². The molecular formula is C31H48FNO. The second-order valence-corrected chi connectivity index (χ2v) is 9.74. The highest BCUT2D eigenvalue weighted by molar-refractivity contribution is 5.60. The van der Waals surface area contributed by atoms with Crippen LogP contribution in [0.25, 0.3) is 11.3 Å². The van der Waals surface area contributed by atoms with Gasteiger partial charge in [0.2, 0.25) is 0 Å². The largest absolute Gasteiger partial charge is 0.494 e. The lowest BCUT2D eigenvalue weighted by atomic mass is 10.0. The van der Waals surface area contributed by atoms with Crippen molar-refractivity contribution < 1.29 is 9.13 Å². The van der Waals surface area contributed by atoms with E-state index in [1.54, 1.807) is 0 Å². The normalized spacial score (nSPS) is 12.1. The monoisotopic (exact) mass is 469 g/mol. The van der Waals surface area contributed by atoms with Crippen LogP contribution in [0.3, 0.4) is 0 Å². The lowest BCUT2D eigenvalue weighted by molar-refractivity contribution is 0.282. The van der Waals surface area contributed by atoms with E-state index in [9.17, 15) is 4.39 Å². The number of alkyl halides is 1. The first-order valence-electron chi connectivity index (χ1n) is 14.0. The number of nitrogens with zero attached hydrogens (tertiary/aromatic N) is 1. The zero-order chi connectivity index (χ0) is 24.3. The van der Waals surface area contributed by atoms with E-state index in [-0.39, 0.29) is 0 Å². The molecule has 0 radical (unpaired) electrons. The van der Waals surface area contributed by atoms with E-state index in [4.69, 9.17) is 4.74 Å². The first-order chi connectivity index (χ1) is 16.7. The maximum atomic E-state index is 14.1. The van der Waals surface area contributed by atoms with Crippen LogP contribution in [0.5, 0.6) is 5.75 Å². The van der Waals surface area contributed by atoms with Crippen LogP contribution in [-0.2, 0) is 6.42 Å². The second kappa shape index (κ2) is 18.4. The van der Waals surface area contributed by atoms with Crippen LogP contribution in [0.1, 0.15) is 116 Å². The van der Waals surface area contributed by atoms with E-state index >= 15 is 0 Å². The Bertz CT molecular complexity index is 728. The second-order valence-electron chi connectivity index (χ2n) is 9.74. The fraction of sp³-hybridized carbons (Fsp3) is 0.645. The molecule has 2 aromatic rings. The van der Waals surface area contributed by atoms with Crippen molar-refractivity contribution in [3.8, 4) is 17.0 Å². The van der Waals surface area contributed by atoms with Crippen LogP contribution < -0.4 is 4.74 Å². The van der Waals surface area contributed by atoms with Crippen molar-refractivity contribution in [2.45, 2.75) is 123 Å². The molecule has 1 aromatic heterocycles. The minimum atomic E-state index is -0.653. The Balaban J connectivity index is 1.62. The maximum absolute atomic E-state index is 14.1. The van der Waals surface area contributed by atoms with Crippen molar-refractivity contribution in [2.75, 3.05) is 6.61 Å². The Hall–Kier alpha value is -1.90. The number of halogens is 1. The van der Waals surface area contributed by atoms with Crippen LogP contribution in [-0.4, -0.2) is 17.8 Å². The quantitative estimate of drug-likeness (QED) is 0.180. The number of ether oxygens (including phenoxy) is 1. The van der Waals surface area contributed by atoms with Gasteiger partial charge in [-0.2, -0.15) is 0 Å². The van der Waals surface area contributed by atoms with Gasteiger partial charge in [0.15, 0.2) is 0 Å². The molecule has 0 saturated carbocycles. The van der Waals surface area contributed by atoms with Gasteiger partial charge in [-0.05, 0) is 68.0 Å². The molecule has 1 unspecified atom stereocenters. The highest BCUT2D eigenvalue weighted by atomic mass is 19.1. The van der Waals surface area contributed by atoms with Gasteiger partial charge in [0, 0.05) is 11.8 Å². The molecule has 1 atom stereocenters. The number of hydrogen-bond acceptors (Lipinski definition) is 2. The Kier molecular flexibility index (Phi) is 15.4. The molecule has 34 heavy (non-hydrogen) atoms. The standard InChI is InChI=1S/C31H48FNO/c1-3-5-7-9-11-13-17-29(32)18-15-16-27-19-24-31(33-26-27)28-20-22-30(23-21-28)34-25-14-12-10-8-6-4-2/h19-24,26,29H,3-18,25H2,1-2H3. The first kappa shape index (κ1) is 28.3. The van der Waals surface area contributed by atoms with Crippen molar-refractivity contribution in [1.29, 1.82) is 0 Å². The minimum absolute atomic E-state index is 0.653. The van der Waals surface area contributed by atoms with Crippen molar-refractivity contribution in [1.82, 2.24) is 4.98 Å². The average molecular weight is 470 g/mol. The molecule has 0 aliphatic heterocycles. The number of hydrogen-bond donors (Lipinski definition) is 0. The predicted molar refractivity (Wildman–Crippen MR) is 144 cm³/mol. The van der Waals surface area contributed by atoms with E-state index < -0.39 is 6.17 Å². The number of aryl methyl sites for hydroxylation is 1. The molecule has 0 fully saturated rings. The van der Waals surface area contributed by atoms with Crippen LogP contribution in [0.4, 0.5) is 4.39 Å². The third-order valence-corrected chi connectivity index (χ3v) is 6.60. The summed E-state index contributed by atoms with van der Waals surface area (Å²) in [5.74, 6) is 0.927. The molecule has 1 aromatic carbocycles. The van der Waals surface area contributed by atoms with Crippen LogP contribution in [0, 0.1) is 0 Å².